The second kappa shape index (κ2) is 9.46. The summed E-state index contributed by atoms with van der Waals surface area (Å²) in [5, 5.41) is 3.92. The van der Waals surface area contributed by atoms with Crippen LogP contribution in [-0.2, 0) is 14.8 Å². The molecule has 0 radical (unpaired) electrons. The number of hydrogen-bond acceptors (Lipinski definition) is 5. The van der Waals surface area contributed by atoms with Crippen LogP contribution in [0.15, 0.2) is 53.4 Å². The van der Waals surface area contributed by atoms with Gasteiger partial charge in [0.05, 0.1) is 20.1 Å². The summed E-state index contributed by atoms with van der Waals surface area (Å²) >= 11 is 1.71. The van der Waals surface area contributed by atoms with Crippen molar-refractivity contribution < 1.29 is 13.2 Å². The lowest BCUT2D eigenvalue weighted by Gasteiger charge is -2.30. The first-order chi connectivity index (χ1) is 15.0. The minimum Gasteiger partial charge on any atom is -0.326 e. The highest BCUT2D eigenvalue weighted by Gasteiger charge is 2.31. The number of hydrogen-bond donors (Lipinski definition) is 1. The maximum atomic E-state index is 13.1. The normalized spacial score (nSPS) is 15.9. The summed E-state index contributed by atoms with van der Waals surface area (Å²) in [6, 6.07) is 14.6. The molecule has 164 valence electrons. The van der Waals surface area contributed by atoms with Crippen molar-refractivity contribution in [3.63, 3.8) is 0 Å². The molecule has 0 bridgehead atoms. The summed E-state index contributed by atoms with van der Waals surface area (Å²) in [5.41, 5.74) is 1.63. The monoisotopic (exact) mass is 457 g/mol. The van der Waals surface area contributed by atoms with E-state index in [1.165, 1.54) is 4.70 Å². The number of thiazole rings is 1. The summed E-state index contributed by atoms with van der Waals surface area (Å²) in [4.78, 5) is 16.9. The molecule has 2 aromatic carbocycles. The summed E-state index contributed by atoms with van der Waals surface area (Å²) in [6.45, 7) is 3.01. The molecule has 2 heterocycles. The first-order valence-corrected chi connectivity index (χ1v) is 13.0. The minimum absolute atomic E-state index is 0.0469. The molecule has 0 atom stereocenters. The van der Waals surface area contributed by atoms with Crippen molar-refractivity contribution in [2.45, 2.75) is 49.8 Å². The largest absolute Gasteiger partial charge is 0.326 e. The number of nitrogens with zero attached hydrogens (tertiary/aromatic N) is 2. The number of fused-ring (bicyclic) bond motifs is 1. The van der Waals surface area contributed by atoms with Crippen LogP contribution in [0.1, 0.15) is 50.0 Å². The van der Waals surface area contributed by atoms with Crippen LogP contribution in [0.4, 0.5) is 5.69 Å². The van der Waals surface area contributed by atoms with E-state index < -0.39 is 10.0 Å². The lowest BCUT2D eigenvalue weighted by molar-refractivity contribution is -0.116. The lowest BCUT2D eigenvalue weighted by Crippen LogP contribution is -2.37. The van der Waals surface area contributed by atoms with Crippen molar-refractivity contribution in [1.82, 2.24) is 9.29 Å². The Morgan fingerprint density at radius 1 is 1.13 bits per heavy atom. The highest BCUT2D eigenvalue weighted by atomic mass is 32.2. The van der Waals surface area contributed by atoms with E-state index in [-0.39, 0.29) is 10.8 Å². The van der Waals surface area contributed by atoms with Crippen LogP contribution < -0.4 is 5.32 Å². The Balaban J connectivity index is 1.38. The Hall–Kier alpha value is -2.29. The van der Waals surface area contributed by atoms with E-state index in [0.717, 1.165) is 36.2 Å². The Morgan fingerprint density at radius 2 is 1.84 bits per heavy atom. The molecule has 1 fully saturated rings. The first-order valence-electron chi connectivity index (χ1n) is 10.7. The standard InChI is InChI=1S/C23H27N3O3S2/c1-2-3-8-22(27)24-18-9-11-19(12-10-18)31(28,29)26-15-13-17(14-16-26)23-25-20-6-4-5-7-21(20)30-23/h4-7,9-12,17H,2-3,8,13-16H2,1H3,(H,24,27). The number of sulfonamides is 1. The fourth-order valence-corrected chi connectivity index (χ4v) is 6.43. The topological polar surface area (TPSA) is 79.4 Å². The smallest absolute Gasteiger partial charge is 0.243 e. The third-order valence-electron chi connectivity index (χ3n) is 5.65. The molecule has 0 aliphatic carbocycles. The third kappa shape index (κ3) is 4.97. The van der Waals surface area contributed by atoms with Gasteiger partial charge in [-0.15, -0.1) is 11.3 Å². The van der Waals surface area contributed by atoms with Gasteiger partial charge in [0.25, 0.3) is 0 Å². The number of anilines is 1. The van der Waals surface area contributed by atoms with Crippen molar-refractivity contribution in [1.29, 1.82) is 0 Å². The molecule has 0 saturated carbocycles. The molecule has 1 aliphatic heterocycles. The molecule has 0 unspecified atom stereocenters. The van der Waals surface area contributed by atoms with Crippen LogP contribution in [-0.4, -0.2) is 36.7 Å². The van der Waals surface area contributed by atoms with E-state index >= 15 is 0 Å². The molecule has 31 heavy (non-hydrogen) atoms. The number of aromatic nitrogens is 1. The summed E-state index contributed by atoms with van der Waals surface area (Å²) in [5.74, 6) is 0.249. The predicted octanol–water partition coefficient (Wildman–Crippen LogP) is 4.99. The van der Waals surface area contributed by atoms with Crippen LogP contribution in [0.5, 0.6) is 0 Å². The van der Waals surface area contributed by atoms with E-state index in [4.69, 9.17) is 4.98 Å². The zero-order valence-corrected chi connectivity index (χ0v) is 19.2. The van der Waals surface area contributed by atoms with Gasteiger partial charge in [0.1, 0.15) is 0 Å². The average Bonchev–Trinajstić information content (AvgIpc) is 3.22. The number of para-hydroxylation sites is 1. The second-order valence-corrected chi connectivity index (χ2v) is 10.9. The molecular formula is C23H27N3O3S2. The van der Waals surface area contributed by atoms with E-state index in [1.807, 2.05) is 25.1 Å². The van der Waals surface area contributed by atoms with Gasteiger partial charge in [-0.25, -0.2) is 13.4 Å². The quantitative estimate of drug-likeness (QED) is 0.542. The van der Waals surface area contributed by atoms with Crippen molar-refractivity contribution in [2.75, 3.05) is 18.4 Å². The molecule has 0 spiro atoms. The molecule has 4 rings (SSSR count). The molecule has 3 aromatic rings. The molecular weight excluding hydrogens is 430 g/mol. The molecule has 1 saturated heterocycles. The Kier molecular flexibility index (Phi) is 6.69. The highest BCUT2D eigenvalue weighted by Crippen LogP contribution is 2.35. The number of rotatable bonds is 7. The summed E-state index contributed by atoms with van der Waals surface area (Å²) in [7, 11) is -3.55. The number of nitrogens with one attached hydrogen (secondary N) is 1. The number of amides is 1. The lowest BCUT2D eigenvalue weighted by atomic mass is 9.99. The van der Waals surface area contributed by atoms with E-state index in [1.54, 1.807) is 39.9 Å². The zero-order chi connectivity index (χ0) is 21.8. The number of benzene rings is 2. The average molecular weight is 458 g/mol. The zero-order valence-electron chi connectivity index (χ0n) is 17.6. The second-order valence-electron chi connectivity index (χ2n) is 7.87. The maximum Gasteiger partial charge on any atom is 0.243 e. The van der Waals surface area contributed by atoms with Crippen molar-refractivity contribution in [3.05, 3.63) is 53.5 Å². The predicted molar refractivity (Wildman–Crippen MR) is 125 cm³/mol. The van der Waals surface area contributed by atoms with Crippen LogP contribution in [0.3, 0.4) is 0 Å². The number of carbonyl (C=O) groups is 1. The van der Waals surface area contributed by atoms with Gasteiger partial charge in [-0.05, 0) is 55.7 Å². The van der Waals surface area contributed by atoms with Gasteiger partial charge in [0.15, 0.2) is 0 Å². The van der Waals surface area contributed by atoms with E-state index in [0.29, 0.717) is 31.1 Å². The van der Waals surface area contributed by atoms with Gasteiger partial charge in [-0.3, -0.25) is 4.79 Å². The SMILES string of the molecule is CCCCC(=O)Nc1ccc(S(=O)(=O)N2CCC(c3nc4ccccc4s3)CC2)cc1. The Labute approximate surface area is 187 Å². The fourth-order valence-electron chi connectivity index (χ4n) is 3.83. The van der Waals surface area contributed by atoms with Gasteiger partial charge in [0.2, 0.25) is 15.9 Å². The van der Waals surface area contributed by atoms with Crippen molar-refractivity contribution in [3.8, 4) is 0 Å². The molecule has 1 aromatic heterocycles. The molecule has 6 nitrogen and oxygen atoms in total. The van der Waals surface area contributed by atoms with E-state index in [9.17, 15) is 13.2 Å². The van der Waals surface area contributed by atoms with Crippen molar-refractivity contribution in [2.24, 2.45) is 0 Å². The van der Waals surface area contributed by atoms with Crippen LogP contribution in [0, 0.1) is 0 Å². The molecule has 8 heteroatoms. The van der Waals surface area contributed by atoms with E-state index in [2.05, 4.69) is 11.4 Å². The third-order valence-corrected chi connectivity index (χ3v) is 8.76. The van der Waals surface area contributed by atoms with Gasteiger partial charge in [-0.2, -0.15) is 4.31 Å². The summed E-state index contributed by atoms with van der Waals surface area (Å²) < 4.78 is 28.9. The van der Waals surface area contributed by atoms with Crippen LogP contribution in [0.2, 0.25) is 0 Å². The van der Waals surface area contributed by atoms with Gasteiger partial charge >= 0.3 is 0 Å². The van der Waals surface area contributed by atoms with Crippen LogP contribution in [0.25, 0.3) is 10.2 Å². The molecule has 1 amide bonds. The number of piperidine rings is 1. The van der Waals surface area contributed by atoms with Gasteiger partial charge < -0.3 is 5.32 Å². The Morgan fingerprint density at radius 3 is 2.52 bits per heavy atom. The van der Waals surface area contributed by atoms with Gasteiger partial charge in [0, 0.05) is 31.1 Å². The van der Waals surface area contributed by atoms with Crippen LogP contribution >= 0.6 is 11.3 Å². The first kappa shape index (κ1) is 21.9. The molecule has 1 N–H and O–H groups in total. The minimum atomic E-state index is -3.55. The number of carbonyl (C=O) groups excluding carboxylic acids is 1. The van der Waals surface area contributed by atoms with Crippen molar-refractivity contribution >= 4 is 43.2 Å². The van der Waals surface area contributed by atoms with Gasteiger partial charge in [-0.1, -0.05) is 25.5 Å². The molecule has 1 aliphatic rings. The maximum absolute atomic E-state index is 13.1. The Bertz CT molecular complexity index is 1120. The highest BCUT2D eigenvalue weighted by molar-refractivity contribution is 7.89. The number of unbranched alkanes of at least 4 members (excludes halogenated alkanes) is 1. The summed E-state index contributed by atoms with van der Waals surface area (Å²) in [6.07, 6.45) is 3.81. The fraction of sp³-hybridized carbons (Fsp3) is 0.391.